The number of anilines is 1. The van der Waals surface area contributed by atoms with Crippen molar-refractivity contribution in [2.75, 3.05) is 5.32 Å². The standard InChI is InChI=1S/C18H14N2O5/c1-10-3-4-12(7-11(10)2)17(21)19-15-9-13-8-14(20(23)24)5-6-16(13)25-18(15)22/h3-9H,1-2H3,(H,19,21). The lowest BCUT2D eigenvalue weighted by atomic mass is 10.1. The zero-order chi connectivity index (χ0) is 18.1. The van der Waals surface area contributed by atoms with Gasteiger partial charge in [0.2, 0.25) is 0 Å². The summed E-state index contributed by atoms with van der Waals surface area (Å²) in [5, 5.41) is 13.7. The first-order valence-corrected chi connectivity index (χ1v) is 7.46. The Kier molecular flexibility index (Phi) is 4.06. The van der Waals surface area contributed by atoms with Gasteiger partial charge in [-0.25, -0.2) is 4.79 Å². The van der Waals surface area contributed by atoms with Crippen molar-refractivity contribution in [3.8, 4) is 0 Å². The van der Waals surface area contributed by atoms with Gasteiger partial charge in [0.1, 0.15) is 11.3 Å². The zero-order valence-corrected chi connectivity index (χ0v) is 13.5. The van der Waals surface area contributed by atoms with Crippen LogP contribution in [-0.4, -0.2) is 10.8 Å². The van der Waals surface area contributed by atoms with E-state index in [-0.39, 0.29) is 17.0 Å². The van der Waals surface area contributed by atoms with E-state index in [1.165, 1.54) is 24.3 Å². The van der Waals surface area contributed by atoms with E-state index in [0.29, 0.717) is 10.9 Å². The van der Waals surface area contributed by atoms with Crippen LogP contribution in [0.2, 0.25) is 0 Å². The van der Waals surface area contributed by atoms with Crippen molar-refractivity contribution in [1.82, 2.24) is 0 Å². The van der Waals surface area contributed by atoms with Crippen LogP contribution in [0.3, 0.4) is 0 Å². The smallest absolute Gasteiger partial charge is 0.360 e. The van der Waals surface area contributed by atoms with Crippen LogP contribution in [0, 0.1) is 24.0 Å². The molecule has 1 aromatic heterocycles. The Morgan fingerprint density at radius 2 is 1.84 bits per heavy atom. The van der Waals surface area contributed by atoms with Gasteiger partial charge in [0, 0.05) is 23.1 Å². The Morgan fingerprint density at radius 3 is 2.52 bits per heavy atom. The molecule has 0 bridgehead atoms. The fourth-order valence-electron chi connectivity index (χ4n) is 2.39. The molecule has 0 aliphatic carbocycles. The highest BCUT2D eigenvalue weighted by atomic mass is 16.6. The summed E-state index contributed by atoms with van der Waals surface area (Å²) in [6.07, 6.45) is 0. The second kappa shape index (κ2) is 6.20. The number of fused-ring (bicyclic) bond motifs is 1. The normalized spacial score (nSPS) is 10.6. The van der Waals surface area contributed by atoms with Crippen LogP contribution in [0.25, 0.3) is 11.0 Å². The molecule has 0 unspecified atom stereocenters. The van der Waals surface area contributed by atoms with Crippen molar-refractivity contribution >= 4 is 28.3 Å². The molecule has 0 fully saturated rings. The monoisotopic (exact) mass is 338 g/mol. The Morgan fingerprint density at radius 1 is 1.08 bits per heavy atom. The quantitative estimate of drug-likeness (QED) is 0.447. The third kappa shape index (κ3) is 3.25. The Labute approximate surface area is 142 Å². The van der Waals surface area contributed by atoms with E-state index in [1.807, 2.05) is 19.9 Å². The van der Waals surface area contributed by atoms with E-state index in [1.54, 1.807) is 12.1 Å². The number of non-ortho nitro benzene ring substituents is 1. The number of nitrogens with one attached hydrogen (secondary N) is 1. The van der Waals surface area contributed by atoms with Crippen molar-refractivity contribution in [3.05, 3.63) is 79.7 Å². The fourth-order valence-corrected chi connectivity index (χ4v) is 2.39. The first-order chi connectivity index (χ1) is 11.8. The molecule has 1 amide bonds. The molecule has 0 aliphatic heterocycles. The third-order valence-corrected chi connectivity index (χ3v) is 3.94. The molecular weight excluding hydrogens is 324 g/mol. The molecule has 7 nitrogen and oxygen atoms in total. The minimum absolute atomic E-state index is 0.0729. The molecule has 0 saturated carbocycles. The predicted molar refractivity (Wildman–Crippen MR) is 93.0 cm³/mol. The molecule has 3 rings (SSSR count). The number of hydrogen-bond donors (Lipinski definition) is 1. The molecule has 0 aliphatic rings. The van der Waals surface area contributed by atoms with Crippen LogP contribution in [0.15, 0.2) is 51.7 Å². The van der Waals surface area contributed by atoms with Crippen LogP contribution < -0.4 is 10.9 Å². The Bertz CT molecular complexity index is 1070. The number of nitrogens with zero attached hydrogens (tertiary/aromatic N) is 1. The van der Waals surface area contributed by atoms with Gasteiger partial charge in [-0.3, -0.25) is 14.9 Å². The van der Waals surface area contributed by atoms with Gasteiger partial charge < -0.3 is 9.73 Å². The Balaban J connectivity index is 1.98. The molecule has 3 aromatic rings. The summed E-state index contributed by atoms with van der Waals surface area (Å²) in [5.74, 6) is -0.458. The van der Waals surface area contributed by atoms with Gasteiger partial charge in [-0.05, 0) is 49.2 Å². The van der Waals surface area contributed by atoms with E-state index in [9.17, 15) is 19.7 Å². The van der Waals surface area contributed by atoms with Gasteiger partial charge in [-0.15, -0.1) is 0 Å². The molecule has 0 spiro atoms. The summed E-state index contributed by atoms with van der Waals surface area (Å²) in [4.78, 5) is 34.7. The van der Waals surface area contributed by atoms with Crippen molar-refractivity contribution in [1.29, 1.82) is 0 Å². The molecule has 2 aromatic carbocycles. The first kappa shape index (κ1) is 16.4. The van der Waals surface area contributed by atoms with Gasteiger partial charge in [-0.2, -0.15) is 0 Å². The molecule has 0 saturated heterocycles. The summed E-state index contributed by atoms with van der Waals surface area (Å²) in [6.45, 7) is 3.82. The van der Waals surface area contributed by atoms with Gasteiger partial charge in [0.25, 0.3) is 11.6 Å². The maximum Gasteiger partial charge on any atom is 0.360 e. The number of carbonyl (C=O) groups excluding carboxylic acids is 1. The summed E-state index contributed by atoms with van der Waals surface area (Å²) in [6, 6.07) is 10.4. The summed E-state index contributed by atoms with van der Waals surface area (Å²) in [7, 11) is 0. The number of nitro groups is 1. The summed E-state index contributed by atoms with van der Waals surface area (Å²) < 4.78 is 5.11. The second-order valence-electron chi connectivity index (χ2n) is 5.68. The molecule has 1 N–H and O–H groups in total. The number of benzene rings is 2. The molecule has 126 valence electrons. The fraction of sp³-hybridized carbons (Fsp3) is 0.111. The highest BCUT2D eigenvalue weighted by Gasteiger charge is 2.13. The lowest BCUT2D eigenvalue weighted by Crippen LogP contribution is -2.18. The van der Waals surface area contributed by atoms with Crippen molar-refractivity contribution in [3.63, 3.8) is 0 Å². The topological polar surface area (TPSA) is 102 Å². The van der Waals surface area contributed by atoms with Crippen molar-refractivity contribution in [2.45, 2.75) is 13.8 Å². The predicted octanol–water partition coefficient (Wildman–Crippen LogP) is 3.57. The zero-order valence-electron chi connectivity index (χ0n) is 13.5. The lowest BCUT2D eigenvalue weighted by molar-refractivity contribution is -0.384. The minimum atomic E-state index is -0.724. The van der Waals surface area contributed by atoms with Crippen LogP contribution in [0.1, 0.15) is 21.5 Å². The lowest BCUT2D eigenvalue weighted by Gasteiger charge is -2.07. The number of carbonyl (C=O) groups is 1. The molecule has 0 radical (unpaired) electrons. The first-order valence-electron chi connectivity index (χ1n) is 7.46. The maximum absolute atomic E-state index is 12.3. The number of aryl methyl sites for hydroxylation is 2. The van der Waals surface area contributed by atoms with Crippen LogP contribution in [-0.2, 0) is 0 Å². The molecule has 1 heterocycles. The number of amides is 1. The van der Waals surface area contributed by atoms with E-state index < -0.39 is 16.5 Å². The van der Waals surface area contributed by atoms with Crippen LogP contribution in [0.5, 0.6) is 0 Å². The number of nitro benzene ring substituents is 1. The molecule has 7 heteroatoms. The van der Waals surface area contributed by atoms with E-state index in [2.05, 4.69) is 5.32 Å². The molecular formula is C18H14N2O5. The Hall–Kier alpha value is -3.48. The van der Waals surface area contributed by atoms with E-state index in [4.69, 9.17) is 4.42 Å². The van der Waals surface area contributed by atoms with Crippen LogP contribution >= 0.6 is 0 Å². The number of hydrogen-bond acceptors (Lipinski definition) is 5. The van der Waals surface area contributed by atoms with Crippen LogP contribution in [0.4, 0.5) is 11.4 Å². The molecule has 0 atom stereocenters. The number of rotatable bonds is 3. The van der Waals surface area contributed by atoms with E-state index >= 15 is 0 Å². The average Bonchev–Trinajstić information content (AvgIpc) is 2.57. The van der Waals surface area contributed by atoms with Gasteiger partial charge in [0.15, 0.2) is 0 Å². The summed E-state index contributed by atoms with van der Waals surface area (Å²) >= 11 is 0. The SMILES string of the molecule is Cc1ccc(C(=O)Nc2cc3cc([N+](=O)[O-])ccc3oc2=O)cc1C. The maximum atomic E-state index is 12.3. The second-order valence-corrected chi connectivity index (χ2v) is 5.68. The minimum Gasteiger partial charge on any atom is -0.421 e. The van der Waals surface area contributed by atoms with Gasteiger partial charge in [-0.1, -0.05) is 6.07 Å². The molecule has 25 heavy (non-hydrogen) atoms. The highest BCUT2D eigenvalue weighted by Crippen LogP contribution is 2.22. The third-order valence-electron chi connectivity index (χ3n) is 3.94. The van der Waals surface area contributed by atoms with Crippen molar-refractivity contribution < 1.29 is 14.1 Å². The van der Waals surface area contributed by atoms with Gasteiger partial charge >= 0.3 is 5.63 Å². The van der Waals surface area contributed by atoms with Gasteiger partial charge in [0.05, 0.1) is 4.92 Å². The van der Waals surface area contributed by atoms with Crippen molar-refractivity contribution in [2.24, 2.45) is 0 Å². The largest absolute Gasteiger partial charge is 0.421 e. The van der Waals surface area contributed by atoms with E-state index in [0.717, 1.165) is 11.1 Å². The summed E-state index contributed by atoms with van der Waals surface area (Å²) in [5.41, 5.74) is 1.69. The average molecular weight is 338 g/mol. The highest BCUT2D eigenvalue weighted by molar-refractivity contribution is 6.05.